The van der Waals surface area contributed by atoms with E-state index in [0.29, 0.717) is 10.9 Å². The lowest BCUT2D eigenvalue weighted by molar-refractivity contribution is -0.125. The molecule has 0 heterocycles. The van der Waals surface area contributed by atoms with Crippen LogP contribution < -0.4 is 11.1 Å². The molecule has 1 saturated carbocycles. The lowest BCUT2D eigenvalue weighted by Gasteiger charge is -2.43. The minimum Gasteiger partial charge on any atom is -0.371 e. The summed E-state index contributed by atoms with van der Waals surface area (Å²) in [5, 5.41) is 4.05. The molecule has 2 rings (SSSR count). The third-order valence-electron chi connectivity index (χ3n) is 4.26. The third kappa shape index (κ3) is 2.86. The average molecular weight is 281 g/mol. The molecular weight excluding hydrogens is 260 g/mol. The van der Waals surface area contributed by atoms with E-state index in [4.69, 9.17) is 17.3 Å². The predicted molar refractivity (Wildman–Crippen MR) is 79.2 cm³/mol. The molecule has 1 aliphatic carbocycles. The van der Waals surface area contributed by atoms with Crippen LogP contribution in [0.1, 0.15) is 33.1 Å². The standard InChI is InChI=1S/C15H21ClN2O/c1-10-3-4-11(2)15(9-10,14(17)19)18-13-7-5-12(16)6-8-13/h5-8,10-11,18H,3-4,9H2,1-2H3,(H2,17,19). The monoisotopic (exact) mass is 280 g/mol. The third-order valence-corrected chi connectivity index (χ3v) is 4.51. The summed E-state index contributed by atoms with van der Waals surface area (Å²) in [6.07, 6.45) is 2.95. The molecule has 3 atom stereocenters. The summed E-state index contributed by atoms with van der Waals surface area (Å²) in [5.41, 5.74) is 5.95. The van der Waals surface area contributed by atoms with Gasteiger partial charge in [0.1, 0.15) is 5.54 Å². The summed E-state index contributed by atoms with van der Waals surface area (Å²) < 4.78 is 0. The average Bonchev–Trinajstić information content (AvgIpc) is 2.36. The zero-order chi connectivity index (χ0) is 14.0. The number of carbonyl (C=O) groups excluding carboxylic acids is 1. The molecule has 3 unspecified atom stereocenters. The summed E-state index contributed by atoms with van der Waals surface area (Å²) >= 11 is 5.88. The van der Waals surface area contributed by atoms with Crippen LogP contribution in [0.25, 0.3) is 0 Å². The Morgan fingerprint density at radius 3 is 2.53 bits per heavy atom. The van der Waals surface area contributed by atoms with E-state index in [2.05, 4.69) is 19.2 Å². The molecule has 3 N–H and O–H groups in total. The molecule has 3 nitrogen and oxygen atoms in total. The highest BCUT2D eigenvalue weighted by molar-refractivity contribution is 6.30. The van der Waals surface area contributed by atoms with Crippen molar-refractivity contribution in [1.82, 2.24) is 0 Å². The van der Waals surface area contributed by atoms with Gasteiger partial charge in [-0.1, -0.05) is 31.9 Å². The molecule has 1 aromatic carbocycles. The Labute approximate surface area is 119 Å². The summed E-state index contributed by atoms with van der Waals surface area (Å²) in [5.74, 6) is 0.474. The van der Waals surface area contributed by atoms with E-state index < -0.39 is 5.54 Å². The molecule has 0 saturated heterocycles. The smallest absolute Gasteiger partial charge is 0.243 e. The first kappa shape index (κ1) is 14.2. The molecule has 1 aliphatic rings. The number of primary amides is 1. The molecule has 0 aromatic heterocycles. The Morgan fingerprint density at radius 2 is 1.95 bits per heavy atom. The zero-order valence-electron chi connectivity index (χ0n) is 11.4. The Hall–Kier alpha value is -1.22. The number of hydrogen-bond acceptors (Lipinski definition) is 2. The fraction of sp³-hybridized carbons (Fsp3) is 0.533. The van der Waals surface area contributed by atoms with Crippen molar-refractivity contribution in [3.8, 4) is 0 Å². The second-order valence-electron chi connectivity index (χ2n) is 5.76. The van der Waals surface area contributed by atoms with Gasteiger partial charge in [-0.15, -0.1) is 0 Å². The van der Waals surface area contributed by atoms with Crippen LogP contribution in [0.4, 0.5) is 5.69 Å². The number of anilines is 1. The van der Waals surface area contributed by atoms with Crippen LogP contribution in [0.5, 0.6) is 0 Å². The first-order valence-corrected chi connectivity index (χ1v) is 7.15. The lowest BCUT2D eigenvalue weighted by Crippen LogP contribution is -2.57. The number of nitrogens with two attached hydrogens (primary N) is 1. The normalized spacial score (nSPS) is 30.9. The first-order chi connectivity index (χ1) is 8.94. The molecule has 0 radical (unpaired) electrons. The van der Waals surface area contributed by atoms with Crippen LogP contribution in [0.3, 0.4) is 0 Å². The summed E-state index contributed by atoms with van der Waals surface area (Å²) in [4.78, 5) is 12.0. The van der Waals surface area contributed by atoms with Crippen LogP contribution in [0.2, 0.25) is 5.02 Å². The van der Waals surface area contributed by atoms with Gasteiger partial charge in [-0.05, 0) is 48.9 Å². The second-order valence-corrected chi connectivity index (χ2v) is 6.19. The van der Waals surface area contributed by atoms with Crippen LogP contribution >= 0.6 is 11.6 Å². The molecule has 4 heteroatoms. The lowest BCUT2D eigenvalue weighted by atomic mass is 9.69. The van der Waals surface area contributed by atoms with Gasteiger partial charge in [0.25, 0.3) is 0 Å². The molecule has 1 fully saturated rings. The minimum absolute atomic E-state index is 0.233. The highest BCUT2D eigenvalue weighted by Crippen LogP contribution is 2.39. The zero-order valence-corrected chi connectivity index (χ0v) is 12.2. The van der Waals surface area contributed by atoms with Crippen molar-refractivity contribution in [3.63, 3.8) is 0 Å². The maximum Gasteiger partial charge on any atom is 0.243 e. The number of halogens is 1. The van der Waals surface area contributed by atoms with E-state index in [9.17, 15) is 4.79 Å². The van der Waals surface area contributed by atoms with Gasteiger partial charge in [0, 0.05) is 10.7 Å². The second kappa shape index (κ2) is 5.41. The van der Waals surface area contributed by atoms with Crippen molar-refractivity contribution < 1.29 is 4.79 Å². The molecule has 1 aromatic rings. The van der Waals surface area contributed by atoms with Gasteiger partial charge in [0.05, 0.1) is 0 Å². The molecule has 0 bridgehead atoms. The van der Waals surface area contributed by atoms with Gasteiger partial charge in [0.2, 0.25) is 5.91 Å². The van der Waals surface area contributed by atoms with Crippen molar-refractivity contribution in [2.45, 2.75) is 38.6 Å². The Kier molecular flexibility index (Phi) is 4.04. The number of amides is 1. The van der Waals surface area contributed by atoms with Gasteiger partial charge < -0.3 is 11.1 Å². The largest absolute Gasteiger partial charge is 0.371 e. The number of rotatable bonds is 3. The van der Waals surface area contributed by atoms with Crippen molar-refractivity contribution in [2.24, 2.45) is 17.6 Å². The van der Waals surface area contributed by atoms with Gasteiger partial charge in [-0.2, -0.15) is 0 Å². The van der Waals surface area contributed by atoms with Crippen LogP contribution in [-0.4, -0.2) is 11.4 Å². The van der Waals surface area contributed by atoms with Crippen LogP contribution in [0, 0.1) is 11.8 Å². The molecule has 104 valence electrons. The van der Waals surface area contributed by atoms with E-state index in [0.717, 1.165) is 24.9 Å². The number of nitrogens with one attached hydrogen (secondary N) is 1. The number of benzene rings is 1. The molecule has 1 amide bonds. The number of carbonyl (C=O) groups is 1. The van der Waals surface area contributed by atoms with Gasteiger partial charge in [-0.3, -0.25) is 4.79 Å². The fourth-order valence-electron chi connectivity index (χ4n) is 3.00. The van der Waals surface area contributed by atoms with Crippen molar-refractivity contribution >= 4 is 23.2 Å². The predicted octanol–water partition coefficient (Wildman–Crippen LogP) is 3.43. The van der Waals surface area contributed by atoms with Crippen molar-refractivity contribution in [3.05, 3.63) is 29.3 Å². The first-order valence-electron chi connectivity index (χ1n) is 6.77. The molecule has 0 aliphatic heterocycles. The summed E-state index contributed by atoms with van der Waals surface area (Å²) in [6, 6.07) is 7.41. The SMILES string of the molecule is CC1CCC(C)C(Nc2ccc(Cl)cc2)(C(N)=O)C1. The fourth-order valence-corrected chi connectivity index (χ4v) is 3.13. The number of hydrogen-bond donors (Lipinski definition) is 2. The van der Waals surface area contributed by atoms with Gasteiger partial charge in [0.15, 0.2) is 0 Å². The van der Waals surface area contributed by atoms with E-state index in [1.54, 1.807) is 0 Å². The Morgan fingerprint density at radius 1 is 1.32 bits per heavy atom. The Bertz CT molecular complexity index is 460. The van der Waals surface area contributed by atoms with Crippen LogP contribution in [0.15, 0.2) is 24.3 Å². The van der Waals surface area contributed by atoms with E-state index in [1.165, 1.54) is 0 Å². The van der Waals surface area contributed by atoms with E-state index >= 15 is 0 Å². The van der Waals surface area contributed by atoms with Crippen molar-refractivity contribution in [2.75, 3.05) is 5.32 Å². The highest BCUT2D eigenvalue weighted by atomic mass is 35.5. The van der Waals surface area contributed by atoms with Crippen LogP contribution in [-0.2, 0) is 4.79 Å². The Balaban J connectivity index is 2.28. The van der Waals surface area contributed by atoms with E-state index in [-0.39, 0.29) is 11.8 Å². The molecule has 0 spiro atoms. The summed E-state index contributed by atoms with van der Waals surface area (Å²) in [6.45, 7) is 4.27. The maximum absolute atomic E-state index is 12.0. The topological polar surface area (TPSA) is 55.1 Å². The minimum atomic E-state index is -0.647. The molecule has 19 heavy (non-hydrogen) atoms. The quantitative estimate of drug-likeness (QED) is 0.891. The summed E-state index contributed by atoms with van der Waals surface area (Å²) in [7, 11) is 0. The van der Waals surface area contributed by atoms with E-state index in [1.807, 2.05) is 24.3 Å². The molecular formula is C15H21ClN2O. The van der Waals surface area contributed by atoms with Crippen molar-refractivity contribution in [1.29, 1.82) is 0 Å². The van der Waals surface area contributed by atoms with Gasteiger partial charge >= 0.3 is 0 Å². The van der Waals surface area contributed by atoms with Gasteiger partial charge in [-0.25, -0.2) is 0 Å². The highest BCUT2D eigenvalue weighted by Gasteiger charge is 2.45. The maximum atomic E-state index is 12.0.